The quantitative estimate of drug-likeness (QED) is 0.441. The highest BCUT2D eigenvalue weighted by atomic mass is 19.3. The summed E-state index contributed by atoms with van der Waals surface area (Å²) in [5, 5.41) is 29.5. The lowest BCUT2D eigenvalue weighted by Crippen LogP contribution is -2.35. The Morgan fingerprint density at radius 2 is 1.88 bits per heavy atom. The summed E-state index contributed by atoms with van der Waals surface area (Å²) in [6, 6.07) is 13.5. The van der Waals surface area contributed by atoms with Gasteiger partial charge in [0.25, 0.3) is 0 Å². The molecule has 1 fully saturated rings. The van der Waals surface area contributed by atoms with Crippen LogP contribution in [0.3, 0.4) is 0 Å². The number of ether oxygens (including phenoxy) is 1. The summed E-state index contributed by atoms with van der Waals surface area (Å²) in [5.41, 5.74) is 1.92. The van der Waals surface area contributed by atoms with Crippen LogP contribution in [0.2, 0.25) is 0 Å². The average molecular weight is 439 g/mol. The zero-order valence-electron chi connectivity index (χ0n) is 16.9. The molecule has 1 radical (unpaired) electrons. The number of benzene rings is 2. The Balaban J connectivity index is 1.55. The summed E-state index contributed by atoms with van der Waals surface area (Å²) in [6.45, 7) is 0.962. The molecule has 165 valence electrons. The highest BCUT2D eigenvalue weighted by Gasteiger charge is 2.39. The molecule has 1 saturated carbocycles. The van der Waals surface area contributed by atoms with E-state index in [2.05, 4.69) is 27.1 Å². The molecule has 1 aliphatic carbocycles. The van der Waals surface area contributed by atoms with Crippen molar-refractivity contribution in [3.05, 3.63) is 61.7 Å². The number of anilines is 1. The molecule has 32 heavy (non-hydrogen) atoms. The van der Waals surface area contributed by atoms with Crippen LogP contribution >= 0.6 is 0 Å². The predicted octanol–water partition coefficient (Wildman–Crippen LogP) is 3.51. The van der Waals surface area contributed by atoms with Crippen LogP contribution in [0.1, 0.15) is 6.42 Å². The van der Waals surface area contributed by atoms with E-state index < -0.39 is 18.8 Å². The number of aliphatic hydroxyl groups is 2. The van der Waals surface area contributed by atoms with Crippen LogP contribution in [0.25, 0.3) is 27.7 Å². The van der Waals surface area contributed by atoms with E-state index in [4.69, 9.17) is 0 Å². The third-order valence-electron chi connectivity index (χ3n) is 5.87. The normalized spacial score (nSPS) is 23.3. The number of fused-ring (bicyclic) bond motifs is 2. The lowest BCUT2D eigenvalue weighted by Gasteiger charge is -2.19. The smallest absolute Gasteiger partial charge is 0.387 e. The lowest BCUT2D eigenvalue weighted by atomic mass is 10.0. The fourth-order valence-corrected chi connectivity index (χ4v) is 4.29. The second-order valence-electron chi connectivity index (χ2n) is 7.89. The van der Waals surface area contributed by atoms with Crippen LogP contribution in [0.4, 0.5) is 14.6 Å². The van der Waals surface area contributed by atoms with E-state index in [0.717, 1.165) is 10.9 Å². The van der Waals surface area contributed by atoms with Gasteiger partial charge in [-0.2, -0.15) is 18.4 Å². The van der Waals surface area contributed by atoms with Gasteiger partial charge in [-0.05, 0) is 42.8 Å². The monoisotopic (exact) mass is 439 g/mol. The minimum absolute atomic E-state index is 0.0973. The maximum Gasteiger partial charge on any atom is 0.387 e. The average Bonchev–Trinajstić information content (AvgIpc) is 3.31. The van der Waals surface area contributed by atoms with E-state index in [-0.39, 0.29) is 17.7 Å². The topological polar surface area (TPSA) is 91.9 Å². The van der Waals surface area contributed by atoms with Gasteiger partial charge in [0.2, 0.25) is 0 Å². The van der Waals surface area contributed by atoms with Crippen molar-refractivity contribution in [2.75, 3.05) is 5.32 Å². The molecule has 2 aromatic carbocycles. The van der Waals surface area contributed by atoms with E-state index in [9.17, 15) is 19.0 Å². The van der Waals surface area contributed by atoms with Gasteiger partial charge < -0.3 is 20.3 Å². The van der Waals surface area contributed by atoms with Gasteiger partial charge in [0, 0.05) is 23.2 Å². The second-order valence-corrected chi connectivity index (χ2v) is 7.89. The molecule has 4 atom stereocenters. The van der Waals surface area contributed by atoms with Crippen molar-refractivity contribution in [3.63, 3.8) is 0 Å². The standard InChI is InChI=1S/C23H21F2N4O3/c1-12-10-17(22(31)21(12)30)27-19-8-9-26-20-11-16(28-29(19)20)14-6-7-18(32-23(24)25)15-5-3-2-4-13(14)15/h2-9,11-12,17,21-23,27,30-31H,1,10H2/t12-,17-,21-,22+/m1/s1. The molecule has 0 unspecified atom stereocenters. The minimum Gasteiger partial charge on any atom is -0.434 e. The number of rotatable bonds is 5. The zero-order valence-corrected chi connectivity index (χ0v) is 16.9. The molecular weight excluding hydrogens is 418 g/mol. The second kappa shape index (κ2) is 7.99. The van der Waals surface area contributed by atoms with Crippen molar-refractivity contribution in [2.45, 2.75) is 31.3 Å². The van der Waals surface area contributed by atoms with E-state index in [1.165, 1.54) is 6.07 Å². The molecule has 5 rings (SSSR count). The van der Waals surface area contributed by atoms with E-state index in [1.807, 2.05) is 12.1 Å². The molecule has 0 bridgehead atoms. The van der Waals surface area contributed by atoms with Gasteiger partial charge in [-0.25, -0.2) is 4.98 Å². The van der Waals surface area contributed by atoms with Gasteiger partial charge in [0.15, 0.2) is 5.65 Å². The van der Waals surface area contributed by atoms with Crippen molar-refractivity contribution in [2.24, 2.45) is 5.92 Å². The Morgan fingerprint density at radius 1 is 1.09 bits per heavy atom. The molecule has 0 spiro atoms. The third-order valence-corrected chi connectivity index (χ3v) is 5.87. The molecule has 2 heterocycles. The molecule has 2 aromatic heterocycles. The van der Waals surface area contributed by atoms with Crippen molar-refractivity contribution in [3.8, 4) is 17.0 Å². The Labute approximate surface area is 182 Å². The molecule has 7 nitrogen and oxygen atoms in total. The molecule has 9 heteroatoms. The number of hydrogen-bond acceptors (Lipinski definition) is 6. The maximum absolute atomic E-state index is 12.8. The molecule has 0 amide bonds. The van der Waals surface area contributed by atoms with Crippen LogP contribution in [-0.4, -0.2) is 49.7 Å². The first-order chi connectivity index (χ1) is 15.4. The molecule has 4 aromatic rings. The fourth-order valence-electron chi connectivity index (χ4n) is 4.29. The first-order valence-corrected chi connectivity index (χ1v) is 10.2. The van der Waals surface area contributed by atoms with Crippen LogP contribution in [0.15, 0.2) is 54.7 Å². The molecule has 0 aliphatic heterocycles. The Morgan fingerprint density at radius 3 is 2.59 bits per heavy atom. The van der Waals surface area contributed by atoms with E-state index in [0.29, 0.717) is 29.0 Å². The van der Waals surface area contributed by atoms with Crippen molar-refractivity contribution >= 4 is 22.2 Å². The minimum atomic E-state index is -2.92. The Kier molecular flexibility index (Phi) is 5.15. The van der Waals surface area contributed by atoms with Crippen LogP contribution in [-0.2, 0) is 0 Å². The summed E-state index contributed by atoms with van der Waals surface area (Å²) in [4.78, 5) is 4.36. The van der Waals surface area contributed by atoms with E-state index in [1.54, 1.807) is 41.0 Å². The highest BCUT2D eigenvalue weighted by Crippen LogP contribution is 2.35. The third kappa shape index (κ3) is 3.53. The molecule has 0 saturated heterocycles. The van der Waals surface area contributed by atoms with Crippen molar-refractivity contribution in [1.82, 2.24) is 14.6 Å². The SMILES string of the molecule is [CH2][C@@H]1C[C@@H](Nc2ccnc3cc(-c4ccc(OC(F)F)c5ccccc45)nn23)[C@H](O)[C@@H]1O. The van der Waals surface area contributed by atoms with E-state index >= 15 is 0 Å². The van der Waals surface area contributed by atoms with Gasteiger partial charge in [0.1, 0.15) is 17.7 Å². The maximum atomic E-state index is 12.8. The summed E-state index contributed by atoms with van der Waals surface area (Å²) < 4.78 is 31.9. The van der Waals surface area contributed by atoms with Gasteiger partial charge in [-0.1, -0.05) is 24.3 Å². The van der Waals surface area contributed by atoms with Gasteiger partial charge >= 0.3 is 6.61 Å². The number of halogens is 2. The largest absolute Gasteiger partial charge is 0.434 e. The number of hydrogen-bond donors (Lipinski definition) is 3. The molecule has 1 aliphatic rings. The number of aliphatic hydroxyl groups excluding tert-OH is 2. The summed E-state index contributed by atoms with van der Waals surface area (Å²) in [5.74, 6) is 0.432. The first-order valence-electron chi connectivity index (χ1n) is 10.2. The first kappa shape index (κ1) is 20.6. The van der Waals surface area contributed by atoms with Gasteiger partial charge in [-0.3, -0.25) is 0 Å². The van der Waals surface area contributed by atoms with Gasteiger partial charge in [-0.15, -0.1) is 0 Å². The summed E-state index contributed by atoms with van der Waals surface area (Å²) in [7, 11) is 0. The number of alkyl halides is 2. The van der Waals surface area contributed by atoms with Crippen molar-refractivity contribution < 1.29 is 23.7 Å². The number of nitrogens with zero attached hydrogens (tertiary/aromatic N) is 3. The number of aromatic nitrogens is 3. The fraction of sp³-hybridized carbons (Fsp3) is 0.261. The molecule has 3 N–H and O–H groups in total. The predicted molar refractivity (Wildman–Crippen MR) is 115 cm³/mol. The summed E-state index contributed by atoms with van der Waals surface area (Å²) >= 11 is 0. The van der Waals surface area contributed by atoms with Crippen LogP contribution in [0.5, 0.6) is 5.75 Å². The van der Waals surface area contributed by atoms with Gasteiger partial charge in [0.05, 0.1) is 17.8 Å². The highest BCUT2D eigenvalue weighted by molar-refractivity contribution is 5.99. The Bertz CT molecular complexity index is 1280. The van der Waals surface area contributed by atoms with Crippen LogP contribution < -0.4 is 10.1 Å². The lowest BCUT2D eigenvalue weighted by molar-refractivity contribution is -0.0487. The zero-order chi connectivity index (χ0) is 22.4. The van der Waals surface area contributed by atoms with Crippen LogP contribution in [0, 0.1) is 12.8 Å². The molecular formula is C23H21F2N4O3. The number of nitrogens with one attached hydrogen (secondary N) is 1. The Hall–Kier alpha value is -3.30. The summed E-state index contributed by atoms with van der Waals surface area (Å²) in [6.07, 6.45) is 0.303. The van der Waals surface area contributed by atoms with Crippen molar-refractivity contribution in [1.29, 1.82) is 0 Å².